The van der Waals surface area contributed by atoms with E-state index in [1.54, 1.807) is 0 Å². The van der Waals surface area contributed by atoms with Gasteiger partial charge in [-0.1, -0.05) is 98.5 Å². The van der Waals surface area contributed by atoms with Crippen LogP contribution in [0.5, 0.6) is 5.75 Å². The van der Waals surface area contributed by atoms with Crippen molar-refractivity contribution in [2.24, 2.45) is 0 Å². The first-order chi connectivity index (χ1) is 17.3. The van der Waals surface area contributed by atoms with Gasteiger partial charge >= 0.3 is 0 Å². The number of carbonyl (C=O) groups excluding carboxylic acids is 1. The summed E-state index contributed by atoms with van der Waals surface area (Å²) in [6, 6.07) is 10.1. The number of unbranched alkanes of at least 4 members (excludes halogenated alkanes) is 9. The first kappa shape index (κ1) is 33.4. The maximum atomic E-state index is 12.6. The van der Waals surface area contributed by atoms with Gasteiger partial charge in [0, 0.05) is 25.1 Å². The molecular formula is C32H51IN2O2. The zero-order chi connectivity index (χ0) is 26.2. The summed E-state index contributed by atoms with van der Waals surface area (Å²) in [5.41, 5.74) is 2.95. The topological polar surface area (TPSA) is 42.2 Å². The van der Waals surface area contributed by atoms with Crippen LogP contribution in [-0.4, -0.2) is 12.5 Å². The van der Waals surface area contributed by atoms with E-state index in [2.05, 4.69) is 62.7 Å². The number of hydrogen-bond donors (Lipinski definition) is 1. The van der Waals surface area contributed by atoms with Gasteiger partial charge in [0.1, 0.15) is 12.3 Å². The van der Waals surface area contributed by atoms with Crippen molar-refractivity contribution in [3.05, 3.63) is 59.4 Å². The summed E-state index contributed by atoms with van der Waals surface area (Å²) in [6.07, 6.45) is 18.3. The van der Waals surface area contributed by atoms with Gasteiger partial charge in [0.05, 0.1) is 12.2 Å². The fraction of sp³-hybridized carbons (Fsp3) is 0.625. The molecular weight excluding hydrogens is 571 g/mol. The standard InChI is InChI=1S/C32H50N2O2.HI/c1-6-8-9-10-11-12-13-14-15-16-24-36-30-18-17-27(25-29(30)32(3,4)5)26-33-31(35)28-19-22-34(21-7-2)23-20-28;/h17-20,22-23,25H,6-16,21,24,26H2,1-5H3;1H. The summed E-state index contributed by atoms with van der Waals surface area (Å²) in [5.74, 6) is 0.925. The average Bonchev–Trinajstić information content (AvgIpc) is 2.86. The molecule has 1 N–H and O–H groups in total. The van der Waals surface area contributed by atoms with Crippen LogP contribution in [0.4, 0.5) is 0 Å². The van der Waals surface area contributed by atoms with Gasteiger partial charge < -0.3 is 34.0 Å². The number of aryl methyl sites for hydroxylation is 1. The number of nitrogens with zero attached hydrogens (tertiary/aromatic N) is 1. The monoisotopic (exact) mass is 622 g/mol. The molecule has 0 aliphatic heterocycles. The third-order valence-corrected chi connectivity index (χ3v) is 6.70. The van der Waals surface area contributed by atoms with Crippen LogP contribution in [0.3, 0.4) is 0 Å². The number of rotatable bonds is 17. The number of halogens is 1. The fourth-order valence-corrected chi connectivity index (χ4v) is 4.47. The normalized spacial score (nSPS) is 11.2. The summed E-state index contributed by atoms with van der Waals surface area (Å²) < 4.78 is 8.32. The first-order valence-corrected chi connectivity index (χ1v) is 14.4. The maximum absolute atomic E-state index is 12.6. The first-order valence-electron chi connectivity index (χ1n) is 14.4. The molecule has 0 fully saturated rings. The zero-order valence-electron chi connectivity index (χ0n) is 24.1. The average molecular weight is 623 g/mol. The van der Waals surface area contributed by atoms with Crippen LogP contribution in [0.15, 0.2) is 42.7 Å². The molecule has 2 rings (SSSR count). The molecule has 0 saturated carbocycles. The van der Waals surface area contributed by atoms with Gasteiger partial charge in [0.2, 0.25) is 0 Å². The highest BCUT2D eigenvalue weighted by molar-refractivity contribution is 5.93. The fourth-order valence-electron chi connectivity index (χ4n) is 4.47. The minimum absolute atomic E-state index is 0. The number of hydrogen-bond acceptors (Lipinski definition) is 2. The summed E-state index contributed by atoms with van der Waals surface area (Å²) in [6.45, 7) is 13.3. The number of carbonyl (C=O) groups is 1. The van der Waals surface area contributed by atoms with Gasteiger partial charge in [-0.05, 0) is 35.1 Å². The van der Waals surface area contributed by atoms with Crippen LogP contribution in [0, 0.1) is 0 Å². The van der Waals surface area contributed by atoms with Crippen LogP contribution < -0.4 is 38.6 Å². The largest absolute Gasteiger partial charge is 1.00 e. The second-order valence-corrected chi connectivity index (χ2v) is 11.1. The van der Waals surface area contributed by atoms with E-state index in [1.807, 2.05) is 24.5 Å². The van der Waals surface area contributed by atoms with Crippen molar-refractivity contribution < 1.29 is 38.1 Å². The Morgan fingerprint density at radius 1 is 0.838 bits per heavy atom. The summed E-state index contributed by atoms with van der Waals surface area (Å²) >= 11 is 0. The molecule has 0 aliphatic rings. The third kappa shape index (κ3) is 13.1. The number of benzene rings is 1. The lowest BCUT2D eigenvalue weighted by atomic mass is 9.85. The van der Waals surface area contributed by atoms with Crippen LogP contribution in [-0.2, 0) is 18.5 Å². The predicted octanol–water partition coefficient (Wildman–Crippen LogP) is 4.92. The number of amides is 1. The van der Waals surface area contributed by atoms with Crippen LogP contribution in [0.25, 0.3) is 0 Å². The molecule has 0 aliphatic carbocycles. The molecule has 0 atom stereocenters. The SMILES string of the molecule is CCCCCCCCCCCCOc1ccc(CNC(=O)c2cc[n+](CCC)cc2)cc1C(C)(C)C.[I-]. The third-order valence-electron chi connectivity index (χ3n) is 6.70. The van der Waals surface area contributed by atoms with Crippen molar-refractivity contribution in [2.75, 3.05) is 6.61 Å². The summed E-state index contributed by atoms with van der Waals surface area (Å²) in [4.78, 5) is 12.6. The van der Waals surface area contributed by atoms with E-state index in [1.165, 1.54) is 63.4 Å². The van der Waals surface area contributed by atoms with E-state index >= 15 is 0 Å². The quantitative estimate of drug-likeness (QED) is 0.155. The van der Waals surface area contributed by atoms with E-state index in [4.69, 9.17) is 4.74 Å². The molecule has 1 heterocycles. The molecule has 4 nitrogen and oxygen atoms in total. The minimum Gasteiger partial charge on any atom is -1.00 e. The van der Waals surface area contributed by atoms with E-state index in [0.29, 0.717) is 12.1 Å². The van der Waals surface area contributed by atoms with Crippen molar-refractivity contribution in [3.63, 3.8) is 0 Å². The highest BCUT2D eigenvalue weighted by Crippen LogP contribution is 2.32. The van der Waals surface area contributed by atoms with Crippen molar-refractivity contribution >= 4 is 5.91 Å². The molecule has 1 aromatic heterocycles. The van der Waals surface area contributed by atoms with Gasteiger partial charge in [-0.2, -0.15) is 0 Å². The van der Waals surface area contributed by atoms with Crippen LogP contribution in [0.2, 0.25) is 0 Å². The van der Waals surface area contributed by atoms with Gasteiger partial charge in [0.15, 0.2) is 12.4 Å². The molecule has 1 amide bonds. The lowest BCUT2D eigenvalue weighted by Gasteiger charge is -2.24. The van der Waals surface area contributed by atoms with Crippen LogP contribution >= 0.6 is 0 Å². The molecule has 37 heavy (non-hydrogen) atoms. The second kappa shape index (κ2) is 18.6. The molecule has 2 aromatic rings. The Bertz CT molecular complexity index is 891. The lowest BCUT2D eigenvalue weighted by Crippen LogP contribution is -3.00. The van der Waals surface area contributed by atoms with Gasteiger partial charge in [-0.15, -0.1) is 0 Å². The number of aromatic nitrogens is 1. The van der Waals surface area contributed by atoms with Crippen molar-refractivity contribution in [2.45, 2.75) is 124 Å². The molecule has 5 heteroatoms. The molecule has 0 radical (unpaired) electrons. The summed E-state index contributed by atoms with van der Waals surface area (Å²) in [7, 11) is 0. The Morgan fingerprint density at radius 2 is 1.43 bits per heavy atom. The van der Waals surface area contributed by atoms with E-state index in [9.17, 15) is 4.79 Å². The van der Waals surface area contributed by atoms with Crippen molar-refractivity contribution in [3.8, 4) is 5.75 Å². The van der Waals surface area contributed by atoms with Gasteiger partial charge in [-0.3, -0.25) is 4.79 Å². The lowest BCUT2D eigenvalue weighted by molar-refractivity contribution is -0.697. The van der Waals surface area contributed by atoms with Crippen molar-refractivity contribution in [1.82, 2.24) is 5.32 Å². The molecule has 0 spiro atoms. The molecule has 0 unspecified atom stereocenters. The Labute approximate surface area is 244 Å². The molecule has 208 valence electrons. The Kier molecular flexibility index (Phi) is 16.8. The Balaban J connectivity index is 0.00000684. The zero-order valence-corrected chi connectivity index (χ0v) is 26.2. The number of nitrogens with one attached hydrogen (secondary N) is 1. The van der Waals surface area contributed by atoms with E-state index in [-0.39, 0.29) is 35.3 Å². The highest BCUT2D eigenvalue weighted by Gasteiger charge is 2.20. The number of ether oxygens (including phenoxy) is 1. The highest BCUT2D eigenvalue weighted by atomic mass is 127. The van der Waals surface area contributed by atoms with E-state index < -0.39 is 0 Å². The van der Waals surface area contributed by atoms with Gasteiger partial charge in [-0.25, -0.2) is 4.57 Å². The second-order valence-electron chi connectivity index (χ2n) is 11.1. The summed E-state index contributed by atoms with van der Waals surface area (Å²) in [5, 5.41) is 3.07. The van der Waals surface area contributed by atoms with Crippen LogP contribution in [0.1, 0.15) is 127 Å². The number of pyridine rings is 1. The van der Waals surface area contributed by atoms with Gasteiger partial charge in [0.25, 0.3) is 5.91 Å². The molecule has 0 saturated heterocycles. The predicted molar refractivity (Wildman–Crippen MR) is 151 cm³/mol. The molecule has 1 aromatic carbocycles. The van der Waals surface area contributed by atoms with E-state index in [0.717, 1.165) is 37.3 Å². The maximum Gasteiger partial charge on any atom is 0.252 e. The smallest absolute Gasteiger partial charge is 0.252 e. The van der Waals surface area contributed by atoms with Crippen molar-refractivity contribution in [1.29, 1.82) is 0 Å². The molecule has 0 bridgehead atoms. The Morgan fingerprint density at radius 3 is 2.00 bits per heavy atom. The Hall–Kier alpha value is -1.63. The minimum atomic E-state index is -0.0442.